The van der Waals surface area contributed by atoms with E-state index in [4.69, 9.17) is 11.3 Å². The topological polar surface area (TPSA) is 39.9 Å². The Bertz CT molecular complexity index is 740. The van der Waals surface area contributed by atoms with Gasteiger partial charge in [-0.15, -0.1) is 0 Å². The molecule has 0 saturated heterocycles. The van der Waals surface area contributed by atoms with Gasteiger partial charge in [-0.1, -0.05) is 30.4 Å². The van der Waals surface area contributed by atoms with E-state index in [0.29, 0.717) is 11.3 Å². The maximum Gasteiger partial charge on any atom is 0.336 e. The maximum atomic E-state index is 11.5. The third kappa shape index (κ3) is 3.53. The first kappa shape index (κ1) is 15.3. The van der Waals surface area contributed by atoms with Gasteiger partial charge in [0.2, 0.25) is 0 Å². The standard InChI is InChI=1S/C18H15NO3/c1-19-17-12-15(18(20)22-3)9-8-14(17)7-4-13-5-10-16(21-2)11-6-13/h4-12H,2-3H3/b7-4+. The molecule has 0 bridgehead atoms. The molecule has 0 aliphatic carbocycles. The number of esters is 1. The molecule has 2 rings (SSSR count). The predicted octanol–water partition coefficient (Wildman–Crippen LogP) is 4.20. The first-order valence-corrected chi connectivity index (χ1v) is 6.60. The van der Waals surface area contributed by atoms with Gasteiger partial charge < -0.3 is 9.47 Å². The van der Waals surface area contributed by atoms with Crippen LogP contribution in [0.4, 0.5) is 5.69 Å². The van der Waals surface area contributed by atoms with Crippen LogP contribution < -0.4 is 4.74 Å². The summed E-state index contributed by atoms with van der Waals surface area (Å²) in [4.78, 5) is 14.9. The smallest absolute Gasteiger partial charge is 0.336 e. The van der Waals surface area contributed by atoms with Gasteiger partial charge in [0.25, 0.3) is 0 Å². The van der Waals surface area contributed by atoms with E-state index in [9.17, 15) is 4.79 Å². The predicted molar refractivity (Wildman–Crippen MR) is 86.0 cm³/mol. The van der Waals surface area contributed by atoms with Gasteiger partial charge in [-0.25, -0.2) is 9.64 Å². The van der Waals surface area contributed by atoms with Crippen LogP contribution in [0, 0.1) is 6.57 Å². The lowest BCUT2D eigenvalue weighted by molar-refractivity contribution is 0.0601. The third-order valence-corrected chi connectivity index (χ3v) is 3.14. The zero-order valence-corrected chi connectivity index (χ0v) is 12.4. The van der Waals surface area contributed by atoms with Crippen molar-refractivity contribution in [2.45, 2.75) is 0 Å². The Balaban J connectivity index is 2.26. The number of carbonyl (C=O) groups excluding carboxylic acids is 1. The van der Waals surface area contributed by atoms with Gasteiger partial charge >= 0.3 is 5.97 Å². The number of rotatable bonds is 4. The van der Waals surface area contributed by atoms with Gasteiger partial charge in [0, 0.05) is 5.56 Å². The van der Waals surface area contributed by atoms with Crippen LogP contribution in [0.5, 0.6) is 5.75 Å². The van der Waals surface area contributed by atoms with E-state index in [1.165, 1.54) is 13.2 Å². The minimum absolute atomic E-state index is 0.370. The van der Waals surface area contributed by atoms with Gasteiger partial charge in [-0.2, -0.15) is 0 Å². The van der Waals surface area contributed by atoms with E-state index in [1.807, 2.05) is 36.4 Å². The monoisotopic (exact) mass is 293 g/mol. The van der Waals surface area contributed by atoms with Crippen LogP contribution in [0.3, 0.4) is 0 Å². The fraction of sp³-hybridized carbons (Fsp3) is 0.111. The lowest BCUT2D eigenvalue weighted by atomic mass is 10.1. The van der Waals surface area contributed by atoms with E-state index in [0.717, 1.165) is 16.9 Å². The van der Waals surface area contributed by atoms with Crippen molar-refractivity contribution in [3.05, 3.63) is 70.6 Å². The highest BCUT2D eigenvalue weighted by atomic mass is 16.5. The van der Waals surface area contributed by atoms with Crippen molar-refractivity contribution >= 4 is 23.8 Å². The summed E-state index contributed by atoms with van der Waals surface area (Å²) >= 11 is 0. The molecule has 0 radical (unpaired) electrons. The maximum absolute atomic E-state index is 11.5. The van der Waals surface area contributed by atoms with Crippen molar-refractivity contribution in [1.29, 1.82) is 0 Å². The molecule has 0 spiro atoms. The Morgan fingerprint density at radius 1 is 1.09 bits per heavy atom. The van der Waals surface area contributed by atoms with Crippen molar-refractivity contribution in [3.63, 3.8) is 0 Å². The molecule has 22 heavy (non-hydrogen) atoms. The Kier molecular flexibility index (Phi) is 4.94. The Labute approximate surface area is 129 Å². The highest BCUT2D eigenvalue weighted by Crippen LogP contribution is 2.24. The van der Waals surface area contributed by atoms with Gasteiger partial charge in [-0.05, 0) is 35.4 Å². The molecule has 0 atom stereocenters. The molecule has 0 aliphatic heterocycles. The summed E-state index contributed by atoms with van der Waals surface area (Å²) in [6.07, 6.45) is 3.75. The van der Waals surface area contributed by atoms with Crippen LogP contribution >= 0.6 is 0 Å². The first-order chi connectivity index (χ1) is 10.7. The minimum atomic E-state index is -0.449. The molecule has 2 aromatic rings. The van der Waals surface area contributed by atoms with Crippen LogP contribution in [0.25, 0.3) is 17.0 Å². The van der Waals surface area contributed by atoms with E-state index in [-0.39, 0.29) is 0 Å². The lowest BCUT2D eigenvalue weighted by Crippen LogP contribution is -2.00. The Morgan fingerprint density at radius 2 is 1.82 bits per heavy atom. The fourth-order valence-corrected chi connectivity index (χ4v) is 1.93. The van der Waals surface area contributed by atoms with Gasteiger partial charge in [0.15, 0.2) is 5.69 Å². The van der Waals surface area contributed by atoms with Crippen molar-refractivity contribution in [1.82, 2.24) is 0 Å². The fourth-order valence-electron chi connectivity index (χ4n) is 1.93. The molecule has 0 saturated carbocycles. The third-order valence-electron chi connectivity index (χ3n) is 3.14. The number of benzene rings is 2. The van der Waals surface area contributed by atoms with E-state index < -0.39 is 5.97 Å². The van der Waals surface area contributed by atoms with Crippen LogP contribution in [-0.4, -0.2) is 20.2 Å². The average Bonchev–Trinajstić information content (AvgIpc) is 2.59. The normalized spacial score (nSPS) is 10.2. The van der Waals surface area contributed by atoms with E-state index >= 15 is 0 Å². The Morgan fingerprint density at radius 3 is 2.41 bits per heavy atom. The van der Waals surface area contributed by atoms with Crippen LogP contribution in [-0.2, 0) is 4.74 Å². The van der Waals surface area contributed by atoms with Crippen molar-refractivity contribution in [2.24, 2.45) is 0 Å². The number of ether oxygens (including phenoxy) is 2. The van der Waals surface area contributed by atoms with Crippen LogP contribution in [0.1, 0.15) is 21.5 Å². The summed E-state index contributed by atoms with van der Waals surface area (Å²) < 4.78 is 9.76. The molecule has 2 aromatic carbocycles. The second kappa shape index (κ2) is 7.09. The summed E-state index contributed by atoms with van der Waals surface area (Å²) in [6.45, 7) is 7.24. The van der Waals surface area contributed by atoms with Crippen LogP contribution in [0.2, 0.25) is 0 Å². The second-order valence-corrected chi connectivity index (χ2v) is 4.48. The van der Waals surface area contributed by atoms with Crippen LogP contribution in [0.15, 0.2) is 42.5 Å². The van der Waals surface area contributed by atoms with Crippen molar-refractivity contribution in [3.8, 4) is 5.75 Å². The Hall–Kier alpha value is -3.06. The summed E-state index contributed by atoms with van der Waals surface area (Å²) in [5.74, 6) is 0.344. The molecule has 4 nitrogen and oxygen atoms in total. The molecule has 0 fully saturated rings. The zero-order valence-electron chi connectivity index (χ0n) is 12.4. The van der Waals surface area contributed by atoms with E-state index in [1.54, 1.807) is 19.2 Å². The van der Waals surface area contributed by atoms with E-state index in [2.05, 4.69) is 9.58 Å². The molecule has 0 unspecified atom stereocenters. The summed E-state index contributed by atoms with van der Waals surface area (Å²) in [6, 6.07) is 12.5. The summed E-state index contributed by atoms with van der Waals surface area (Å²) in [5, 5.41) is 0. The largest absolute Gasteiger partial charge is 0.497 e. The molecule has 0 N–H and O–H groups in total. The highest BCUT2D eigenvalue weighted by molar-refractivity contribution is 5.92. The molecular weight excluding hydrogens is 278 g/mol. The molecule has 0 aromatic heterocycles. The van der Waals surface area contributed by atoms with Crippen molar-refractivity contribution in [2.75, 3.05) is 14.2 Å². The molecule has 0 heterocycles. The minimum Gasteiger partial charge on any atom is -0.497 e. The quantitative estimate of drug-likeness (QED) is 0.482. The summed E-state index contributed by atoms with van der Waals surface area (Å²) in [7, 11) is 2.94. The number of methoxy groups -OCH3 is 2. The van der Waals surface area contributed by atoms with Gasteiger partial charge in [-0.3, -0.25) is 0 Å². The van der Waals surface area contributed by atoms with Gasteiger partial charge in [0.1, 0.15) is 5.75 Å². The summed E-state index contributed by atoms with van der Waals surface area (Å²) in [5.41, 5.74) is 2.52. The SMILES string of the molecule is [C-]#[N+]c1cc(C(=O)OC)ccc1/C=C/c1ccc(OC)cc1. The van der Waals surface area contributed by atoms with Crippen molar-refractivity contribution < 1.29 is 14.3 Å². The molecule has 110 valence electrons. The second-order valence-electron chi connectivity index (χ2n) is 4.48. The lowest BCUT2D eigenvalue weighted by Gasteiger charge is -2.03. The first-order valence-electron chi connectivity index (χ1n) is 6.60. The average molecular weight is 293 g/mol. The number of hydrogen-bond donors (Lipinski definition) is 0. The highest BCUT2D eigenvalue weighted by Gasteiger charge is 2.08. The van der Waals surface area contributed by atoms with Gasteiger partial charge in [0.05, 0.1) is 20.8 Å². The number of carbonyl (C=O) groups is 1. The number of nitrogens with zero attached hydrogens (tertiary/aromatic N) is 1. The zero-order chi connectivity index (χ0) is 15.9. The molecular formula is C18H15NO3. The molecule has 0 amide bonds. The molecule has 0 aliphatic rings. The number of hydrogen-bond acceptors (Lipinski definition) is 3. The molecule has 4 heteroatoms.